The SMILES string of the molecule is CN(Cc1ccsc1)C1CCN(c2ccc(CC(=O)NCc3ccccc3)cc2)CC1. The number of hydrogen-bond acceptors (Lipinski definition) is 4. The predicted octanol–water partition coefficient (Wildman–Crippen LogP) is 4.71. The van der Waals surface area contributed by atoms with E-state index >= 15 is 0 Å². The highest BCUT2D eigenvalue weighted by Crippen LogP contribution is 2.24. The van der Waals surface area contributed by atoms with Crippen LogP contribution in [0.5, 0.6) is 0 Å². The van der Waals surface area contributed by atoms with Crippen LogP contribution in [-0.2, 0) is 24.3 Å². The Labute approximate surface area is 189 Å². The Kier molecular flexibility index (Phi) is 7.39. The molecule has 2 aromatic carbocycles. The van der Waals surface area contributed by atoms with Crippen LogP contribution >= 0.6 is 11.3 Å². The Morgan fingerprint density at radius 3 is 2.42 bits per heavy atom. The van der Waals surface area contributed by atoms with Gasteiger partial charge in [0.2, 0.25) is 5.91 Å². The molecule has 0 saturated carbocycles. The van der Waals surface area contributed by atoms with Crippen LogP contribution in [0.15, 0.2) is 71.4 Å². The summed E-state index contributed by atoms with van der Waals surface area (Å²) in [5, 5.41) is 7.40. The topological polar surface area (TPSA) is 35.6 Å². The largest absolute Gasteiger partial charge is 0.371 e. The van der Waals surface area contributed by atoms with Crippen molar-refractivity contribution in [2.75, 3.05) is 25.0 Å². The van der Waals surface area contributed by atoms with Gasteiger partial charge in [-0.15, -0.1) is 0 Å². The fourth-order valence-corrected chi connectivity index (χ4v) is 4.89. The number of benzene rings is 2. The Morgan fingerprint density at radius 2 is 1.74 bits per heavy atom. The van der Waals surface area contributed by atoms with E-state index in [-0.39, 0.29) is 5.91 Å². The predicted molar refractivity (Wildman–Crippen MR) is 129 cm³/mol. The van der Waals surface area contributed by atoms with E-state index in [1.807, 2.05) is 30.3 Å². The first-order valence-corrected chi connectivity index (χ1v) is 12.0. The van der Waals surface area contributed by atoms with E-state index in [0.717, 1.165) is 30.8 Å². The fraction of sp³-hybridized carbons (Fsp3) is 0.346. The third-order valence-electron chi connectivity index (χ3n) is 6.10. The summed E-state index contributed by atoms with van der Waals surface area (Å²) in [4.78, 5) is 17.2. The number of anilines is 1. The average Bonchev–Trinajstić information content (AvgIpc) is 3.32. The summed E-state index contributed by atoms with van der Waals surface area (Å²) < 4.78 is 0. The van der Waals surface area contributed by atoms with Gasteiger partial charge in [-0.2, -0.15) is 11.3 Å². The van der Waals surface area contributed by atoms with E-state index in [4.69, 9.17) is 0 Å². The minimum atomic E-state index is 0.0612. The summed E-state index contributed by atoms with van der Waals surface area (Å²) in [5.41, 5.74) is 4.85. The highest BCUT2D eigenvalue weighted by atomic mass is 32.1. The number of amides is 1. The molecule has 1 aliphatic rings. The zero-order valence-corrected chi connectivity index (χ0v) is 19.0. The van der Waals surface area contributed by atoms with Crippen LogP contribution < -0.4 is 10.2 Å². The third kappa shape index (κ3) is 6.18. The second kappa shape index (κ2) is 10.6. The Hall–Kier alpha value is -2.63. The molecule has 3 aromatic rings. The average molecular weight is 434 g/mol. The highest BCUT2D eigenvalue weighted by molar-refractivity contribution is 7.07. The van der Waals surface area contributed by atoms with Crippen LogP contribution in [0.3, 0.4) is 0 Å². The fourth-order valence-electron chi connectivity index (χ4n) is 4.23. The molecule has 0 atom stereocenters. The summed E-state index contributed by atoms with van der Waals surface area (Å²) in [5.74, 6) is 0.0612. The van der Waals surface area contributed by atoms with Crippen LogP contribution in [0.2, 0.25) is 0 Å². The maximum atomic E-state index is 12.3. The Morgan fingerprint density at radius 1 is 1.00 bits per heavy atom. The van der Waals surface area contributed by atoms with Crippen LogP contribution in [-0.4, -0.2) is 37.0 Å². The molecule has 2 heterocycles. The number of nitrogens with zero attached hydrogens (tertiary/aromatic N) is 2. The number of rotatable bonds is 8. The van der Waals surface area contributed by atoms with Crippen LogP contribution in [0.25, 0.3) is 0 Å². The van der Waals surface area contributed by atoms with Gasteiger partial charge in [0.15, 0.2) is 0 Å². The van der Waals surface area contributed by atoms with Gasteiger partial charge in [-0.1, -0.05) is 42.5 Å². The van der Waals surface area contributed by atoms with Crippen molar-refractivity contribution >= 4 is 22.9 Å². The summed E-state index contributed by atoms with van der Waals surface area (Å²) in [6.45, 7) is 3.77. The first-order valence-electron chi connectivity index (χ1n) is 11.0. The molecule has 1 N–H and O–H groups in total. The number of carbonyl (C=O) groups is 1. The summed E-state index contributed by atoms with van der Waals surface area (Å²) in [7, 11) is 2.25. The quantitative estimate of drug-likeness (QED) is 0.559. The molecule has 1 amide bonds. The van der Waals surface area contributed by atoms with Crippen molar-refractivity contribution in [2.45, 2.75) is 38.4 Å². The van der Waals surface area contributed by atoms with E-state index in [2.05, 4.69) is 63.3 Å². The van der Waals surface area contributed by atoms with Gasteiger partial charge in [0.05, 0.1) is 6.42 Å². The maximum Gasteiger partial charge on any atom is 0.224 e. The summed E-state index contributed by atoms with van der Waals surface area (Å²) >= 11 is 1.77. The molecule has 1 saturated heterocycles. The van der Waals surface area contributed by atoms with Gasteiger partial charge in [-0.3, -0.25) is 9.69 Å². The molecule has 0 unspecified atom stereocenters. The monoisotopic (exact) mass is 433 g/mol. The molecule has 0 bridgehead atoms. The molecule has 0 aliphatic carbocycles. The minimum absolute atomic E-state index is 0.0612. The minimum Gasteiger partial charge on any atom is -0.371 e. The smallest absolute Gasteiger partial charge is 0.224 e. The molecular formula is C26H31N3OS. The third-order valence-corrected chi connectivity index (χ3v) is 6.83. The van der Waals surface area contributed by atoms with Gasteiger partial charge in [0.25, 0.3) is 0 Å². The molecular weight excluding hydrogens is 402 g/mol. The molecule has 162 valence electrons. The van der Waals surface area contributed by atoms with E-state index in [0.29, 0.717) is 19.0 Å². The molecule has 1 aromatic heterocycles. The summed E-state index contributed by atoms with van der Waals surface area (Å²) in [6.07, 6.45) is 2.79. The first-order chi connectivity index (χ1) is 15.2. The van der Waals surface area contributed by atoms with E-state index in [1.54, 1.807) is 11.3 Å². The van der Waals surface area contributed by atoms with Gasteiger partial charge >= 0.3 is 0 Å². The lowest BCUT2D eigenvalue weighted by Gasteiger charge is -2.38. The Bertz CT molecular complexity index is 933. The molecule has 4 rings (SSSR count). The molecule has 0 spiro atoms. The first kappa shape index (κ1) is 21.6. The van der Waals surface area contributed by atoms with Gasteiger partial charge in [0, 0.05) is 37.9 Å². The van der Waals surface area contributed by atoms with E-state index < -0.39 is 0 Å². The second-order valence-electron chi connectivity index (χ2n) is 8.37. The van der Waals surface area contributed by atoms with Gasteiger partial charge in [-0.25, -0.2) is 0 Å². The van der Waals surface area contributed by atoms with Crippen molar-refractivity contribution in [1.82, 2.24) is 10.2 Å². The number of carbonyl (C=O) groups excluding carboxylic acids is 1. The molecule has 5 heteroatoms. The number of hydrogen-bond donors (Lipinski definition) is 1. The van der Waals surface area contributed by atoms with Gasteiger partial charge in [0.1, 0.15) is 0 Å². The van der Waals surface area contributed by atoms with Crippen molar-refractivity contribution in [2.24, 2.45) is 0 Å². The van der Waals surface area contributed by atoms with Crippen molar-refractivity contribution in [1.29, 1.82) is 0 Å². The number of nitrogens with one attached hydrogen (secondary N) is 1. The van der Waals surface area contributed by atoms with Crippen molar-refractivity contribution < 1.29 is 4.79 Å². The lowest BCUT2D eigenvalue weighted by molar-refractivity contribution is -0.120. The molecule has 1 fully saturated rings. The summed E-state index contributed by atoms with van der Waals surface area (Å²) in [6, 6.07) is 21.4. The molecule has 4 nitrogen and oxygen atoms in total. The van der Waals surface area contributed by atoms with Gasteiger partial charge < -0.3 is 10.2 Å². The zero-order chi connectivity index (χ0) is 21.5. The van der Waals surface area contributed by atoms with Crippen LogP contribution in [0.1, 0.15) is 29.5 Å². The standard InChI is InChI=1S/C26H31N3OS/c1-28(19-23-13-16-31-20-23)24-11-14-29(15-12-24)25-9-7-21(8-10-25)17-26(30)27-18-22-5-3-2-4-6-22/h2-10,13,16,20,24H,11-12,14-15,17-19H2,1H3,(H,27,30). The lowest BCUT2D eigenvalue weighted by Crippen LogP contribution is -2.43. The maximum absolute atomic E-state index is 12.3. The zero-order valence-electron chi connectivity index (χ0n) is 18.2. The second-order valence-corrected chi connectivity index (χ2v) is 9.15. The molecule has 0 radical (unpaired) electrons. The van der Waals surface area contributed by atoms with Crippen molar-refractivity contribution in [3.63, 3.8) is 0 Å². The Balaban J connectivity index is 1.22. The van der Waals surface area contributed by atoms with Crippen LogP contribution in [0.4, 0.5) is 5.69 Å². The van der Waals surface area contributed by atoms with E-state index in [9.17, 15) is 4.79 Å². The number of piperidine rings is 1. The van der Waals surface area contributed by atoms with E-state index in [1.165, 1.54) is 24.1 Å². The van der Waals surface area contributed by atoms with Crippen LogP contribution in [0, 0.1) is 0 Å². The van der Waals surface area contributed by atoms with Crippen molar-refractivity contribution in [3.05, 3.63) is 88.1 Å². The lowest BCUT2D eigenvalue weighted by atomic mass is 10.0. The van der Waals surface area contributed by atoms with Gasteiger partial charge in [-0.05, 0) is 65.5 Å². The molecule has 31 heavy (non-hydrogen) atoms. The number of thiophene rings is 1. The molecule has 1 aliphatic heterocycles. The van der Waals surface area contributed by atoms with Crippen molar-refractivity contribution in [3.8, 4) is 0 Å². The normalized spacial score (nSPS) is 14.7. The highest BCUT2D eigenvalue weighted by Gasteiger charge is 2.22.